The Bertz CT molecular complexity index is 215. The normalized spacial score (nSPS) is 17.2. The van der Waals surface area contributed by atoms with E-state index in [1.807, 2.05) is 0 Å². The summed E-state index contributed by atoms with van der Waals surface area (Å²) >= 11 is 0. The maximum atomic E-state index is 10.0. The Labute approximate surface area is 105 Å². The molecule has 0 aromatic rings. The maximum absolute atomic E-state index is 10.0. The molecule has 1 fully saturated rings. The van der Waals surface area contributed by atoms with Crippen LogP contribution in [0.25, 0.3) is 0 Å². The highest BCUT2D eigenvalue weighted by Gasteiger charge is 2.32. The first kappa shape index (κ1) is 16.4. The van der Waals surface area contributed by atoms with Crippen LogP contribution in [0.1, 0.15) is 41.0 Å². The van der Waals surface area contributed by atoms with Crippen molar-refractivity contribution in [1.82, 2.24) is 4.90 Å². The summed E-state index contributed by atoms with van der Waals surface area (Å²) in [5, 5.41) is 0. The van der Waals surface area contributed by atoms with Crippen molar-refractivity contribution in [3.05, 3.63) is 0 Å². The fourth-order valence-electron chi connectivity index (χ4n) is 1.01. The Morgan fingerprint density at radius 2 is 1.82 bits per heavy atom. The second-order valence-corrected chi connectivity index (χ2v) is 5.77. The Balaban J connectivity index is 0.000000302. The van der Waals surface area contributed by atoms with Gasteiger partial charge in [-0.1, -0.05) is 20.8 Å². The molecule has 0 atom stereocenters. The molecule has 0 N–H and O–H groups in total. The molecule has 0 unspecified atom stereocenters. The lowest BCUT2D eigenvalue weighted by atomic mass is 9.79. The van der Waals surface area contributed by atoms with Gasteiger partial charge < -0.3 is 14.4 Å². The third-order valence-electron chi connectivity index (χ3n) is 3.46. The monoisotopic (exact) mass is 245 g/mol. The van der Waals surface area contributed by atoms with E-state index in [-0.39, 0.29) is 11.0 Å². The Morgan fingerprint density at radius 1 is 1.24 bits per heavy atom. The SMILES string of the molecule is COC(C)(C)C(C)(C)C.O=CN1CCCOC1. The van der Waals surface area contributed by atoms with Gasteiger partial charge in [0.15, 0.2) is 0 Å². The van der Waals surface area contributed by atoms with Crippen LogP contribution in [0.15, 0.2) is 0 Å². The van der Waals surface area contributed by atoms with Crippen LogP contribution in [-0.4, -0.2) is 43.9 Å². The van der Waals surface area contributed by atoms with E-state index in [2.05, 4.69) is 34.6 Å². The molecule has 1 aliphatic heterocycles. The van der Waals surface area contributed by atoms with Gasteiger partial charge in [-0.25, -0.2) is 0 Å². The minimum atomic E-state index is -0.0208. The molecule has 1 aliphatic rings. The van der Waals surface area contributed by atoms with Crippen LogP contribution in [0.2, 0.25) is 0 Å². The second-order valence-electron chi connectivity index (χ2n) is 5.77. The number of hydrogen-bond donors (Lipinski definition) is 0. The first-order chi connectivity index (χ1) is 7.74. The zero-order chi connectivity index (χ0) is 13.5. The van der Waals surface area contributed by atoms with Gasteiger partial charge in [-0.2, -0.15) is 0 Å². The molecule has 4 heteroatoms. The highest BCUT2D eigenvalue weighted by atomic mass is 16.5. The standard InChI is InChI=1S/C8H18O.C5H9NO2/c1-7(2,3)8(4,5)9-6;7-4-6-2-1-3-8-5-6/h1-6H3;4H,1-3,5H2. The molecule has 0 aromatic heterocycles. The van der Waals surface area contributed by atoms with Gasteiger partial charge in [0.05, 0.1) is 12.2 Å². The summed E-state index contributed by atoms with van der Waals surface area (Å²) in [5.41, 5.74) is 0.203. The molecule has 0 radical (unpaired) electrons. The van der Waals surface area contributed by atoms with Gasteiger partial charge in [0, 0.05) is 13.7 Å². The van der Waals surface area contributed by atoms with Crippen molar-refractivity contribution in [3.8, 4) is 0 Å². The van der Waals surface area contributed by atoms with Gasteiger partial charge in [0.1, 0.15) is 6.73 Å². The summed E-state index contributed by atoms with van der Waals surface area (Å²) in [7, 11) is 1.76. The number of nitrogens with zero attached hydrogens (tertiary/aromatic N) is 1. The van der Waals surface area contributed by atoms with Crippen molar-refractivity contribution in [2.45, 2.75) is 46.6 Å². The molecule has 1 rings (SSSR count). The molecule has 17 heavy (non-hydrogen) atoms. The quantitative estimate of drug-likeness (QED) is 0.701. The number of carbonyl (C=O) groups is 1. The van der Waals surface area contributed by atoms with Crippen molar-refractivity contribution >= 4 is 6.41 Å². The van der Waals surface area contributed by atoms with Crippen molar-refractivity contribution < 1.29 is 14.3 Å². The summed E-state index contributed by atoms with van der Waals surface area (Å²) in [6.45, 7) is 12.9. The molecule has 0 spiro atoms. The third-order valence-corrected chi connectivity index (χ3v) is 3.46. The van der Waals surface area contributed by atoms with Crippen LogP contribution in [0.4, 0.5) is 0 Å². The number of ether oxygens (including phenoxy) is 2. The lowest BCUT2D eigenvalue weighted by Crippen LogP contribution is -2.38. The minimum absolute atomic E-state index is 0.0208. The van der Waals surface area contributed by atoms with Gasteiger partial charge in [-0.3, -0.25) is 4.79 Å². The van der Waals surface area contributed by atoms with E-state index in [1.54, 1.807) is 12.0 Å². The van der Waals surface area contributed by atoms with Crippen LogP contribution < -0.4 is 0 Å². The van der Waals surface area contributed by atoms with Gasteiger partial charge >= 0.3 is 0 Å². The Hall–Kier alpha value is -0.610. The summed E-state index contributed by atoms with van der Waals surface area (Å²) in [5.74, 6) is 0. The van der Waals surface area contributed by atoms with Gasteiger partial charge in [-0.15, -0.1) is 0 Å². The number of amides is 1. The van der Waals surface area contributed by atoms with Crippen molar-refractivity contribution in [3.63, 3.8) is 0 Å². The largest absolute Gasteiger partial charge is 0.378 e. The minimum Gasteiger partial charge on any atom is -0.378 e. The Morgan fingerprint density at radius 3 is 2.00 bits per heavy atom. The second kappa shape index (κ2) is 6.97. The fourth-order valence-corrected chi connectivity index (χ4v) is 1.01. The van der Waals surface area contributed by atoms with Gasteiger partial charge in [0.25, 0.3) is 0 Å². The molecule has 0 aliphatic carbocycles. The molecule has 1 heterocycles. The molecule has 0 saturated carbocycles. The van der Waals surface area contributed by atoms with Crippen LogP contribution in [0.3, 0.4) is 0 Å². The zero-order valence-electron chi connectivity index (χ0n) is 12.1. The Kier molecular flexibility index (Phi) is 6.72. The predicted octanol–water partition coefficient (Wildman–Crippen LogP) is 2.28. The molecule has 1 amide bonds. The number of rotatable bonds is 2. The van der Waals surface area contributed by atoms with Crippen molar-refractivity contribution in [2.24, 2.45) is 5.41 Å². The number of methoxy groups -OCH3 is 1. The van der Waals surface area contributed by atoms with Crippen molar-refractivity contribution in [2.75, 3.05) is 27.0 Å². The molecule has 0 aromatic carbocycles. The highest BCUT2D eigenvalue weighted by molar-refractivity contribution is 5.46. The molecule has 102 valence electrons. The number of hydrogen-bond acceptors (Lipinski definition) is 3. The first-order valence-corrected chi connectivity index (χ1v) is 6.07. The summed E-state index contributed by atoms with van der Waals surface area (Å²) in [4.78, 5) is 11.6. The smallest absolute Gasteiger partial charge is 0.211 e. The molecular formula is C13H27NO3. The van der Waals surface area contributed by atoms with E-state index in [1.165, 1.54) is 0 Å². The average molecular weight is 245 g/mol. The lowest BCUT2D eigenvalue weighted by Gasteiger charge is -2.37. The van der Waals surface area contributed by atoms with E-state index >= 15 is 0 Å². The predicted molar refractivity (Wildman–Crippen MR) is 68.7 cm³/mol. The molecule has 0 bridgehead atoms. The van der Waals surface area contributed by atoms with E-state index < -0.39 is 0 Å². The zero-order valence-corrected chi connectivity index (χ0v) is 12.1. The third kappa shape index (κ3) is 6.03. The van der Waals surface area contributed by atoms with E-state index in [4.69, 9.17) is 9.47 Å². The maximum Gasteiger partial charge on any atom is 0.211 e. The van der Waals surface area contributed by atoms with Crippen LogP contribution >= 0.6 is 0 Å². The summed E-state index contributed by atoms with van der Waals surface area (Å²) in [6, 6.07) is 0. The van der Waals surface area contributed by atoms with E-state index in [9.17, 15) is 4.79 Å². The highest BCUT2D eigenvalue weighted by Crippen LogP contribution is 2.31. The lowest BCUT2D eigenvalue weighted by molar-refractivity contribution is -0.126. The fraction of sp³-hybridized carbons (Fsp3) is 0.923. The summed E-state index contributed by atoms with van der Waals surface area (Å²) in [6.07, 6.45) is 1.79. The average Bonchev–Trinajstić information content (AvgIpc) is 2.29. The molecular weight excluding hydrogens is 218 g/mol. The van der Waals surface area contributed by atoms with Gasteiger partial charge in [-0.05, 0) is 25.7 Å². The topological polar surface area (TPSA) is 38.8 Å². The summed E-state index contributed by atoms with van der Waals surface area (Å²) < 4.78 is 10.3. The number of carbonyl (C=O) groups excluding carboxylic acids is 1. The molecule has 4 nitrogen and oxygen atoms in total. The van der Waals surface area contributed by atoms with E-state index in [0.29, 0.717) is 6.73 Å². The van der Waals surface area contributed by atoms with Crippen LogP contribution in [-0.2, 0) is 14.3 Å². The van der Waals surface area contributed by atoms with Gasteiger partial charge in [0.2, 0.25) is 6.41 Å². The van der Waals surface area contributed by atoms with Crippen LogP contribution in [0.5, 0.6) is 0 Å². The van der Waals surface area contributed by atoms with E-state index in [0.717, 1.165) is 26.0 Å². The van der Waals surface area contributed by atoms with Crippen molar-refractivity contribution in [1.29, 1.82) is 0 Å². The van der Waals surface area contributed by atoms with Crippen LogP contribution in [0, 0.1) is 5.41 Å². The first-order valence-electron chi connectivity index (χ1n) is 6.07. The molecule has 1 saturated heterocycles.